The first-order chi connectivity index (χ1) is 15.1. The quantitative estimate of drug-likeness (QED) is 0.485. The predicted octanol–water partition coefficient (Wildman–Crippen LogP) is 4.83. The highest BCUT2D eigenvalue weighted by Crippen LogP contribution is 2.68. The average Bonchev–Trinajstić information content (AvgIpc) is 3.13. The van der Waals surface area contributed by atoms with Crippen LogP contribution in [-0.2, 0) is 9.59 Å². The summed E-state index contributed by atoms with van der Waals surface area (Å²) >= 11 is 0. The van der Waals surface area contributed by atoms with Gasteiger partial charge in [-0.2, -0.15) is 0 Å². The van der Waals surface area contributed by atoms with Crippen LogP contribution >= 0.6 is 0 Å². The maximum absolute atomic E-state index is 12.4. The van der Waals surface area contributed by atoms with Crippen molar-refractivity contribution < 1.29 is 24.9 Å². The minimum absolute atomic E-state index is 0.00752. The number of ketones is 1. The van der Waals surface area contributed by atoms with Crippen molar-refractivity contribution >= 4 is 11.8 Å². The summed E-state index contributed by atoms with van der Waals surface area (Å²) in [5.41, 5.74) is -1.81. The van der Waals surface area contributed by atoms with Crippen molar-refractivity contribution in [1.82, 2.24) is 0 Å². The van der Waals surface area contributed by atoms with Crippen LogP contribution in [-0.4, -0.2) is 39.3 Å². The minimum atomic E-state index is -2.66. The summed E-state index contributed by atoms with van der Waals surface area (Å²) in [5.74, 6) is 1.86. The van der Waals surface area contributed by atoms with E-state index in [4.69, 9.17) is 5.11 Å². The maximum atomic E-state index is 12.4. The molecule has 0 amide bonds. The van der Waals surface area contributed by atoms with E-state index in [0.717, 1.165) is 23.7 Å². The monoisotopic (exact) mass is 448 g/mol. The van der Waals surface area contributed by atoms with Crippen molar-refractivity contribution in [3.8, 4) is 0 Å². The van der Waals surface area contributed by atoms with Crippen molar-refractivity contribution in [3.05, 3.63) is 0 Å². The molecule has 0 bridgehead atoms. The zero-order chi connectivity index (χ0) is 23.3. The van der Waals surface area contributed by atoms with Crippen LogP contribution in [0.4, 0.5) is 0 Å². The fourth-order valence-corrected chi connectivity index (χ4v) is 9.31. The zero-order valence-corrected chi connectivity index (χ0v) is 20.3. The summed E-state index contributed by atoms with van der Waals surface area (Å²) in [7, 11) is 0. The Balaban J connectivity index is 1.43. The Kier molecular flexibility index (Phi) is 6.57. The van der Waals surface area contributed by atoms with Crippen LogP contribution in [0.2, 0.25) is 0 Å². The third-order valence-corrected chi connectivity index (χ3v) is 11.2. The van der Waals surface area contributed by atoms with E-state index in [1.54, 1.807) is 0 Å². The molecule has 0 aromatic carbocycles. The normalized spacial score (nSPS) is 44.0. The molecule has 0 radical (unpaired) electrons. The number of hydrogen-bond acceptors (Lipinski definition) is 4. The summed E-state index contributed by atoms with van der Waals surface area (Å²) in [4.78, 5) is 23.6. The van der Waals surface area contributed by atoms with Crippen LogP contribution in [0.3, 0.4) is 0 Å². The number of carboxylic acids is 1. The van der Waals surface area contributed by atoms with Gasteiger partial charge in [-0.05, 0) is 104 Å². The van der Waals surface area contributed by atoms with Gasteiger partial charge in [0, 0.05) is 6.42 Å². The van der Waals surface area contributed by atoms with E-state index in [2.05, 4.69) is 20.8 Å². The van der Waals surface area contributed by atoms with E-state index >= 15 is 0 Å². The summed E-state index contributed by atoms with van der Waals surface area (Å²) in [6, 6.07) is 0. The number of fused-ring (bicyclic) bond motifs is 5. The van der Waals surface area contributed by atoms with Gasteiger partial charge in [0.25, 0.3) is 0 Å². The van der Waals surface area contributed by atoms with Crippen LogP contribution < -0.4 is 0 Å². The largest absolute Gasteiger partial charge is 0.479 e. The molecule has 4 saturated carbocycles. The zero-order valence-electron chi connectivity index (χ0n) is 20.3. The van der Waals surface area contributed by atoms with E-state index in [1.165, 1.54) is 64.2 Å². The van der Waals surface area contributed by atoms with Crippen LogP contribution in [0.5, 0.6) is 0 Å². The van der Waals surface area contributed by atoms with E-state index in [1.807, 2.05) is 0 Å². The van der Waals surface area contributed by atoms with Crippen molar-refractivity contribution in [3.63, 3.8) is 0 Å². The molecule has 5 heteroatoms. The molecule has 4 rings (SSSR count). The molecule has 4 fully saturated rings. The van der Waals surface area contributed by atoms with Crippen LogP contribution in [0.1, 0.15) is 97.8 Å². The fraction of sp³-hybridized carbons (Fsp3) is 0.926. The highest BCUT2D eigenvalue weighted by atomic mass is 16.4. The first-order valence-electron chi connectivity index (χ1n) is 13.2. The second-order valence-corrected chi connectivity index (χ2v) is 12.4. The average molecular weight is 449 g/mol. The fourth-order valence-electron chi connectivity index (χ4n) is 9.31. The Morgan fingerprint density at radius 3 is 2.38 bits per heavy atom. The molecule has 32 heavy (non-hydrogen) atoms. The lowest BCUT2D eigenvalue weighted by atomic mass is 9.44. The molecule has 3 N–H and O–H groups in total. The van der Waals surface area contributed by atoms with Gasteiger partial charge in [0.05, 0.1) is 6.61 Å². The lowest BCUT2D eigenvalue weighted by Crippen LogP contribution is -2.53. The van der Waals surface area contributed by atoms with Gasteiger partial charge in [-0.1, -0.05) is 33.6 Å². The second kappa shape index (κ2) is 8.69. The van der Waals surface area contributed by atoms with Gasteiger partial charge in [-0.25, -0.2) is 4.79 Å². The summed E-state index contributed by atoms with van der Waals surface area (Å²) in [6.07, 6.45) is 14.2. The predicted molar refractivity (Wildman–Crippen MR) is 123 cm³/mol. The molecule has 0 spiro atoms. The Morgan fingerprint density at radius 1 is 0.969 bits per heavy atom. The number of carbonyl (C=O) groups excluding carboxylic acids is 1. The smallest absolute Gasteiger partial charge is 0.346 e. The molecule has 182 valence electrons. The minimum Gasteiger partial charge on any atom is -0.479 e. The van der Waals surface area contributed by atoms with Gasteiger partial charge < -0.3 is 15.3 Å². The van der Waals surface area contributed by atoms with Crippen LogP contribution in [0.15, 0.2) is 0 Å². The molecular weight excluding hydrogens is 404 g/mol. The molecule has 4 aliphatic carbocycles. The van der Waals surface area contributed by atoms with E-state index in [0.29, 0.717) is 29.1 Å². The molecule has 0 saturated heterocycles. The highest BCUT2D eigenvalue weighted by molar-refractivity contribution is 6.06. The first-order valence-corrected chi connectivity index (χ1v) is 13.2. The Hall–Kier alpha value is -0.940. The number of aliphatic carboxylic acids is 1. The van der Waals surface area contributed by atoms with E-state index < -0.39 is 24.0 Å². The third kappa shape index (κ3) is 3.66. The van der Waals surface area contributed by atoms with E-state index in [9.17, 15) is 19.8 Å². The lowest BCUT2D eigenvalue weighted by Gasteiger charge is -2.61. The van der Waals surface area contributed by atoms with Crippen molar-refractivity contribution in [2.24, 2.45) is 46.3 Å². The van der Waals surface area contributed by atoms with Gasteiger partial charge in [0.15, 0.2) is 5.78 Å². The number of aliphatic hydroxyl groups excluding tert-OH is 1. The first kappa shape index (κ1) is 24.2. The Labute approximate surface area is 193 Å². The number of carboxylic acid groups (broad SMARTS) is 1. The van der Waals surface area contributed by atoms with Gasteiger partial charge in [-0.3, -0.25) is 4.79 Å². The number of carbonyl (C=O) groups is 2. The van der Waals surface area contributed by atoms with Crippen molar-refractivity contribution in [1.29, 1.82) is 0 Å². The van der Waals surface area contributed by atoms with Crippen molar-refractivity contribution in [2.45, 2.75) is 103 Å². The van der Waals surface area contributed by atoms with Gasteiger partial charge >= 0.3 is 5.97 Å². The molecule has 9 atom stereocenters. The SMILES string of the molecule is C[C@H](CCC(=O)C(O)(CO)C(=O)O)[C@H]1CC[C@H]2[C@@H]3CC[C@@H]4CCCC[C@]4(C)[C@H]3CC[C@]12C. The number of aliphatic hydroxyl groups is 2. The van der Waals surface area contributed by atoms with Gasteiger partial charge in [0.1, 0.15) is 0 Å². The van der Waals surface area contributed by atoms with E-state index in [-0.39, 0.29) is 6.42 Å². The maximum Gasteiger partial charge on any atom is 0.346 e. The summed E-state index contributed by atoms with van der Waals surface area (Å²) in [6.45, 7) is 6.25. The lowest BCUT2D eigenvalue weighted by molar-refractivity contribution is -0.169. The van der Waals surface area contributed by atoms with Crippen LogP contribution in [0.25, 0.3) is 0 Å². The number of Topliss-reactive ketones (excluding diaryl/α,β-unsaturated/α-hetero) is 1. The second-order valence-electron chi connectivity index (χ2n) is 12.4. The molecule has 0 heterocycles. The summed E-state index contributed by atoms with van der Waals surface area (Å²) < 4.78 is 0. The van der Waals surface area contributed by atoms with Crippen LogP contribution in [0, 0.1) is 46.3 Å². The Morgan fingerprint density at radius 2 is 1.69 bits per heavy atom. The van der Waals surface area contributed by atoms with Gasteiger partial charge in [0.2, 0.25) is 5.60 Å². The van der Waals surface area contributed by atoms with Gasteiger partial charge in [-0.15, -0.1) is 0 Å². The molecule has 0 aromatic rings. The van der Waals surface area contributed by atoms with Crippen molar-refractivity contribution in [2.75, 3.05) is 6.61 Å². The summed E-state index contributed by atoms with van der Waals surface area (Å²) in [5, 5.41) is 28.4. The molecular formula is C27H44O5. The standard InChI is InChI=1S/C27H44O5/c1-17(7-12-23(29)27(32,16-28)24(30)31)20-10-11-21-19-9-8-18-6-4-5-14-25(18,2)22(19)13-15-26(20,21)3/h17-22,28,32H,4-16H2,1-3H3,(H,30,31)/t17-,18+,19+,20-,21+,22+,25+,26-,27?/m1/s1. The number of hydrogen-bond donors (Lipinski definition) is 3. The molecule has 1 unspecified atom stereocenters. The topological polar surface area (TPSA) is 94.8 Å². The number of rotatable bonds is 7. The molecule has 5 nitrogen and oxygen atoms in total. The molecule has 0 aromatic heterocycles. The highest BCUT2D eigenvalue weighted by Gasteiger charge is 2.60. The molecule has 0 aliphatic heterocycles. The third-order valence-electron chi connectivity index (χ3n) is 11.2. The Bertz CT molecular complexity index is 736. The molecule has 4 aliphatic rings.